The molecule has 3 N–H and O–H groups in total. The van der Waals surface area contributed by atoms with Gasteiger partial charge in [-0.25, -0.2) is 0 Å². The van der Waals surface area contributed by atoms with Crippen molar-refractivity contribution in [2.24, 2.45) is 5.73 Å². The maximum Gasteiger partial charge on any atom is 0.0631 e. The van der Waals surface area contributed by atoms with Crippen LogP contribution in [-0.2, 0) is 0 Å². The fourth-order valence-corrected chi connectivity index (χ4v) is 2.64. The zero-order chi connectivity index (χ0) is 12.3. The maximum atomic E-state index is 9.42. The molecule has 0 amide bonds. The SMILES string of the molecule is CC(N)c1ccc(SC(C)C(C)O)cc1Cl. The molecule has 1 aromatic carbocycles. The van der Waals surface area contributed by atoms with Crippen LogP contribution in [0.4, 0.5) is 0 Å². The second kappa shape index (κ2) is 5.92. The Balaban J connectivity index is 2.81. The Hall–Kier alpha value is -0.220. The Bertz CT molecular complexity index is 355. The highest BCUT2D eigenvalue weighted by molar-refractivity contribution is 8.00. The fraction of sp³-hybridized carbons (Fsp3) is 0.500. The zero-order valence-corrected chi connectivity index (χ0v) is 11.3. The van der Waals surface area contributed by atoms with Gasteiger partial charge in [0.05, 0.1) is 6.10 Å². The molecule has 2 nitrogen and oxygen atoms in total. The summed E-state index contributed by atoms with van der Waals surface area (Å²) >= 11 is 7.74. The van der Waals surface area contributed by atoms with Gasteiger partial charge in [0.25, 0.3) is 0 Å². The number of aliphatic hydroxyl groups excluding tert-OH is 1. The summed E-state index contributed by atoms with van der Waals surface area (Å²) in [6.07, 6.45) is -0.336. The summed E-state index contributed by atoms with van der Waals surface area (Å²) in [6, 6.07) is 5.79. The van der Waals surface area contributed by atoms with Crippen molar-refractivity contribution in [3.63, 3.8) is 0 Å². The smallest absolute Gasteiger partial charge is 0.0631 e. The second-order valence-electron chi connectivity index (χ2n) is 4.04. The number of aliphatic hydroxyl groups is 1. The number of rotatable bonds is 4. The van der Waals surface area contributed by atoms with Crippen molar-refractivity contribution in [1.29, 1.82) is 0 Å². The summed E-state index contributed by atoms with van der Waals surface area (Å²) in [5.74, 6) is 0. The minimum atomic E-state index is -0.336. The molecule has 0 aliphatic carbocycles. The Morgan fingerprint density at radius 1 is 1.31 bits per heavy atom. The molecule has 16 heavy (non-hydrogen) atoms. The van der Waals surface area contributed by atoms with E-state index in [-0.39, 0.29) is 17.4 Å². The van der Waals surface area contributed by atoms with Gasteiger partial charge in [-0.2, -0.15) is 0 Å². The first kappa shape index (κ1) is 13.8. The van der Waals surface area contributed by atoms with Gasteiger partial charge < -0.3 is 10.8 Å². The highest BCUT2D eigenvalue weighted by Crippen LogP contribution is 2.30. The predicted molar refractivity (Wildman–Crippen MR) is 71.1 cm³/mol. The lowest BCUT2D eigenvalue weighted by Crippen LogP contribution is -2.14. The summed E-state index contributed by atoms with van der Waals surface area (Å²) in [7, 11) is 0. The molecule has 0 bridgehead atoms. The first-order valence-electron chi connectivity index (χ1n) is 5.31. The topological polar surface area (TPSA) is 46.2 Å². The molecule has 3 unspecified atom stereocenters. The molecule has 1 aromatic rings. The van der Waals surface area contributed by atoms with Crippen LogP contribution < -0.4 is 5.73 Å². The van der Waals surface area contributed by atoms with Gasteiger partial charge in [0.2, 0.25) is 0 Å². The van der Waals surface area contributed by atoms with E-state index in [0.29, 0.717) is 5.02 Å². The van der Waals surface area contributed by atoms with Crippen molar-refractivity contribution in [2.75, 3.05) is 0 Å². The molecule has 0 saturated carbocycles. The standard InChI is InChI=1S/C12H18ClNOS/c1-7(14)11-5-4-10(6-12(11)13)16-9(3)8(2)15/h4-9,15H,14H2,1-3H3. The molecule has 4 heteroatoms. The minimum absolute atomic E-state index is 0.0549. The molecule has 0 saturated heterocycles. The maximum absolute atomic E-state index is 9.42. The molecular formula is C12H18ClNOS. The lowest BCUT2D eigenvalue weighted by molar-refractivity contribution is 0.196. The second-order valence-corrected chi connectivity index (χ2v) is 5.89. The summed E-state index contributed by atoms with van der Waals surface area (Å²) in [4.78, 5) is 1.06. The van der Waals surface area contributed by atoms with Crippen LogP contribution in [0.25, 0.3) is 0 Å². The lowest BCUT2D eigenvalue weighted by Gasteiger charge is -2.15. The van der Waals surface area contributed by atoms with Crippen molar-refractivity contribution >= 4 is 23.4 Å². The summed E-state index contributed by atoms with van der Waals surface area (Å²) < 4.78 is 0. The lowest BCUT2D eigenvalue weighted by atomic mass is 10.1. The first-order valence-corrected chi connectivity index (χ1v) is 6.57. The molecule has 0 radical (unpaired) electrons. The Kier molecular flexibility index (Phi) is 5.12. The molecule has 90 valence electrons. The Morgan fingerprint density at radius 3 is 2.38 bits per heavy atom. The third-order valence-electron chi connectivity index (χ3n) is 2.46. The van der Waals surface area contributed by atoms with Crippen LogP contribution in [0.5, 0.6) is 0 Å². The summed E-state index contributed by atoms with van der Waals surface area (Å²) in [6.45, 7) is 5.69. The van der Waals surface area contributed by atoms with E-state index in [1.165, 1.54) is 0 Å². The van der Waals surface area contributed by atoms with E-state index in [1.807, 2.05) is 32.0 Å². The molecule has 0 aliphatic heterocycles. The predicted octanol–water partition coefficient (Wildman–Crippen LogP) is 3.22. The van der Waals surface area contributed by atoms with Crippen LogP contribution in [0.1, 0.15) is 32.4 Å². The number of thioether (sulfide) groups is 1. The number of hydrogen-bond acceptors (Lipinski definition) is 3. The van der Waals surface area contributed by atoms with Gasteiger partial charge in [-0.05, 0) is 31.5 Å². The average Bonchev–Trinajstić information content (AvgIpc) is 2.16. The van der Waals surface area contributed by atoms with Gasteiger partial charge in [-0.15, -0.1) is 11.8 Å². The van der Waals surface area contributed by atoms with E-state index in [2.05, 4.69) is 0 Å². The fourth-order valence-electron chi connectivity index (χ4n) is 1.26. The number of nitrogens with two attached hydrogens (primary N) is 1. The minimum Gasteiger partial charge on any atom is -0.392 e. The molecule has 0 spiro atoms. The highest BCUT2D eigenvalue weighted by Gasteiger charge is 2.12. The first-order chi connectivity index (χ1) is 7.41. The van der Waals surface area contributed by atoms with Gasteiger partial charge in [-0.3, -0.25) is 0 Å². The van der Waals surface area contributed by atoms with Crippen LogP contribution in [0, 0.1) is 0 Å². The van der Waals surface area contributed by atoms with Crippen molar-refractivity contribution in [3.8, 4) is 0 Å². The van der Waals surface area contributed by atoms with Gasteiger partial charge in [0.15, 0.2) is 0 Å². The molecule has 0 heterocycles. The summed E-state index contributed by atoms with van der Waals surface area (Å²) in [5, 5.41) is 10.3. The van der Waals surface area contributed by atoms with E-state index in [4.69, 9.17) is 17.3 Å². The van der Waals surface area contributed by atoms with Gasteiger partial charge in [-0.1, -0.05) is 24.6 Å². The largest absolute Gasteiger partial charge is 0.392 e. The Morgan fingerprint density at radius 2 is 1.94 bits per heavy atom. The number of benzene rings is 1. The quantitative estimate of drug-likeness (QED) is 0.817. The summed E-state index contributed by atoms with van der Waals surface area (Å²) in [5.41, 5.74) is 6.74. The van der Waals surface area contributed by atoms with Gasteiger partial charge in [0.1, 0.15) is 0 Å². The molecule has 0 aromatic heterocycles. The van der Waals surface area contributed by atoms with Crippen molar-refractivity contribution in [3.05, 3.63) is 28.8 Å². The van der Waals surface area contributed by atoms with Crippen LogP contribution >= 0.6 is 23.4 Å². The normalized spacial score (nSPS) is 16.9. The van der Waals surface area contributed by atoms with Gasteiger partial charge >= 0.3 is 0 Å². The van der Waals surface area contributed by atoms with Crippen LogP contribution in [0.3, 0.4) is 0 Å². The van der Waals surface area contributed by atoms with Crippen LogP contribution in [0.2, 0.25) is 5.02 Å². The van der Waals surface area contributed by atoms with Crippen molar-refractivity contribution < 1.29 is 5.11 Å². The average molecular weight is 260 g/mol. The van der Waals surface area contributed by atoms with Crippen LogP contribution in [0.15, 0.2) is 23.1 Å². The third-order valence-corrected chi connectivity index (χ3v) is 4.08. The molecule has 0 aliphatic rings. The zero-order valence-electron chi connectivity index (χ0n) is 9.77. The molecule has 3 atom stereocenters. The molecule has 0 fully saturated rings. The third kappa shape index (κ3) is 3.67. The number of halogens is 1. The van der Waals surface area contributed by atoms with E-state index >= 15 is 0 Å². The van der Waals surface area contributed by atoms with E-state index < -0.39 is 0 Å². The van der Waals surface area contributed by atoms with Crippen molar-refractivity contribution in [1.82, 2.24) is 0 Å². The molecular weight excluding hydrogens is 242 g/mol. The van der Waals surface area contributed by atoms with E-state index in [9.17, 15) is 5.11 Å². The van der Waals surface area contributed by atoms with E-state index in [1.54, 1.807) is 18.7 Å². The van der Waals surface area contributed by atoms with Crippen LogP contribution in [-0.4, -0.2) is 16.5 Å². The van der Waals surface area contributed by atoms with Gasteiger partial charge in [0, 0.05) is 21.2 Å². The monoisotopic (exact) mass is 259 g/mol. The molecule has 1 rings (SSSR count). The highest BCUT2D eigenvalue weighted by atomic mass is 35.5. The van der Waals surface area contributed by atoms with E-state index in [0.717, 1.165) is 10.5 Å². The number of hydrogen-bond donors (Lipinski definition) is 2. The Labute approximate surface area is 106 Å². The van der Waals surface area contributed by atoms with Crippen molar-refractivity contribution in [2.45, 2.75) is 43.1 Å².